The summed E-state index contributed by atoms with van der Waals surface area (Å²) in [5.41, 5.74) is 5.73. The van der Waals surface area contributed by atoms with Crippen LogP contribution < -0.4 is 5.73 Å². The molecule has 6 heteroatoms. The summed E-state index contributed by atoms with van der Waals surface area (Å²) < 4.78 is 39.0. The van der Waals surface area contributed by atoms with E-state index in [-0.39, 0.29) is 11.6 Å². The largest absolute Gasteiger partial charge is 0.417 e. The third-order valence-corrected chi connectivity index (χ3v) is 3.34. The van der Waals surface area contributed by atoms with Crippen molar-refractivity contribution < 1.29 is 13.2 Å². The third kappa shape index (κ3) is 3.64. The molecule has 1 aromatic heterocycles. The number of hydrogen-bond acceptors (Lipinski definition) is 2. The quantitative estimate of drug-likeness (QED) is 0.865. The van der Waals surface area contributed by atoms with E-state index in [0.717, 1.165) is 25.3 Å². The smallest absolute Gasteiger partial charge is 0.341 e. The molecular weight excluding hydrogens is 279 g/mol. The summed E-state index contributed by atoms with van der Waals surface area (Å²) >= 11 is 0. The Kier molecular flexibility index (Phi) is 4.67. The second-order valence-electron chi connectivity index (χ2n) is 4.97. The van der Waals surface area contributed by atoms with Crippen molar-refractivity contribution in [2.75, 3.05) is 0 Å². The molecule has 3 nitrogen and oxygen atoms in total. The zero-order chi connectivity index (χ0) is 15.5. The number of alkyl halides is 3. The minimum absolute atomic E-state index is 0.0893. The first-order chi connectivity index (χ1) is 9.93. The van der Waals surface area contributed by atoms with Crippen molar-refractivity contribution in [3.63, 3.8) is 0 Å². The summed E-state index contributed by atoms with van der Waals surface area (Å²) in [6.07, 6.45) is -0.267. The predicted octanol–water partition coefficient (Wildman–Crippen LogP) is 4.29. The van der Waals surface area contributed by atoms with Gasteiger partial charge in [-0.3, -0.25) is 0 Å². The monoisotopic (exact) mass is 297 g/mol. The average molecular weight is 297 g/mol. The highest BCUT2D eigenvalue weighted by molar-refractivity contribution is 5.64. The standard InChI is InChI=1S/C15H18F3N3/c1-2-3-8-12(19)14-20-9-13(21-14)10-6-4-5-7-11(10)15(16,17)18/h4-7,9,12H,2-3,8,19H2,1H3,(H,20,21). The van der Waals surface area contributed by atoms with E-state index in [9.17, 15) is 13.2 Å². The van der Waals surface area contributed by atoms with Gasteiger partial charge in [0.15, 0.2) is 0 Å². The van der Waals surface area contributed by atoms with Crippen LogP contribution in [-0.4, -0.2) is 9.97 Å². The van der Waals surface area contributed by atoms with E-state index >= 15 is 0 Å². The molecule has 0 fully saturated rings. The van der Waals surface area contributed by atoms with Gasteiger partial charge in [0.1, 0.15) is 5.82 Å². The van der Waals surface area contributed by atoms with Gasteiger partial charge in [-0.2, -0.15) is 13.2 Å². The zero-order valence-electron chi connectivity index (χ0n) is 11.7. The molecule has 2 rings (SSSR count). The lowest BCUT2D eigenvalue weighted by atomic mass is 10.0. The fourth-order valence-corrected chi connectivity index (χ4v) is 2.19. The average Bonchev–Trinajstić information content (AvgIpc) is 2.93. The van der Waals surface area contributed by atoms with Crippen molar-refractivity contribution in [3.8, 4) is 11.3 Å². The fraction of sp³-hybridized carbons (Fsp3) is 0.400. The lowest BCUT2D eigenvalue weighted by Crippen LogP contribution is -2.12. The van der Waals surface area contributed by atoms with Crippen LogP contribution in [0, 0.1) is 0 Å². The molecule has 1 heterocycles. The number of nitrogens with two attached hydrogens (primary N) is 1. The van der Waals surface area contributed by atoms with Gasteiger partial charge in [0.2, 0.25) is 0 Å². The molecule has 0 amide bonds. The first-order valence-corrected chi connectivity index (χ1v) is 6.90. The maximum atomic E-state index is 13.0. The highest BCUT2D eigenvalue weighted by Gasteiger charge is 2.33. The van der Waals surface area contributed by atoms with Gasteiger partial charge in [-0.25, -0.2) is 4.98 Å². The first kappa shape index (κ1) is 15.6. The van der Waals surface area contributed by atoms with E-state index < -0.39 is 11.7 Å². The van der Waals surface area contributed by atoms with Crippen molar-refractivity contribution in [3.05, 3.63) is 41.9 Å². The molecule has 0 aliphatic carbocycles. The summed E-state index contributed by atoms with van der Waals surface area (Å²) in [4.78, 5) is 7.04. The van der Waals surface area contributed by atoms with E-state index in [1.807, 2.05) is 0 Å². The topological polar surface area (TPSA) is 54.7 Å². The van der Waals surface area contributed by atoms with Gasteiger partial charge in [0.05, 0.1) is 23.5 Å². The molecule has 3 N–H and O–H groups in total. The fourth-order valence-electron chi connectivity index (χ4n) is 2.19. The molecule has 0 aliphatic rings. The minimum atomic E-state index is -4.40. The summed E-state index contributed by atoms with van der Waals surface area (Å²) in [6.45, 7) is 2.06. The lowest BCUT2D eigenvalue weighted by molar-refractivity contribution is -0.137. The van der Waals surface area contributed by atoms with E-state index in [2.05, 4.69) is 16.9 Å². The Hall–Kier alpha value is -1.82. The highest BCUT2D eigenvalue weighted by Crippen LogP contribution is 2.36. The number of hydrogen-bond donors (Lipinski definition) is 2. The van der Waals surface area contributed by atoms with Gasteiger partial charge in [0.25, 0.3) is 0 Å². The van der Waals surface area contributed by atoms with Crippen LogP contribution in [0.25, 0.3) is 11.3 Å². The van der Waals surface area contributed by atoms with Crippen LogP contribution in [-0.2, 0) is 6.18 Å². The summed E-state index contributed by atoms with van der Waals surface area (Å²) in [5, 5.41) is 0. The number of rotatable bonds is 5. The number of imidazole rings is 1. The van der Waals surface area contributed by atoms with Gasteiger partial charge in [0, 0.05) is 5.56 Å². The van der Waals surface area contributed by atoms with Crippen LogP contribution in [0.1, 0.15) is 43.6 Å². The summed E-state index contributed by atoms with van der Waals surface area (Å²) in [6, 6.07) is 5.15. The Morgan fingerprint density at radius 1 is 1.29 bits per heavy atom. The first-order valence-electron chi connectivity index (χ1n) is 6.90. The molecule has 1 atom stereocenters. The Bertz CT molecular complexity index is 590. The van der Waals surface area contributed by atoms with Crippen LogP contribution in [0.3, 0.4) is 0 Å². The third-order valence-electron chi connectivity index (χ3n) is 3.34. The Morgan fingerprint density at radius 2 is 2.00 bits per heavy atom. The van der Waals surface area contributed by atoms with Gasteiger partial charge < -0.3 is 10.7 Å². The molecule has 1 unspecified atom stereocenters. The predicted molar refractivity (Wildman–Crippen MR) is 75.5 cm³/mol. The number of aromatic nitrogens is 2. The van der Waals surface area contributed by atoms with Gasteiger partial charge in [-0.1, -0.05) is 38.0 Å². The Morgan fingerprint density at radius 3 is 2.67 bits per heavy atom. The molecule has 21 heavy (non-hydrogen) atoms. The van der Waals surface area contributed by atoms with Crippen molar-refractivity contribution in [2.24, 2.45) is 5.73 Å². The van der Waals surface area contributed by atoms with E-state index in [1.54, 1.807) is 6.07 Å². The number of unbranched alkanes of at least 4 members (excludes halogenated alkanes) is 1. The molecule has 1 aromatic carbocycles. The second-order valence-corrected chi connectivity index (χ2v) is 4.97. The second kappa shape index (κ2) is 6.30. The van der Waals surface area contributed by atoms with Gasteiger partial charge in [-0.05, 0) is 12.5 Å². The van der Waals surface area contributed by atoms with Gasteiger partial charge >= 0.3 is 6.18 Å². The Balaban J connectivity index is 2.30. The Labute approximate surface area is 121 Å². The maximum absolute atomic E-state index is 13.0. The molecule has 0 radical (unpaired) electrons. The van der Waals surface area contributed by atoms with Crippen LogP contribution in [0.5, 0.6) is 0 Å². The van der Waals surface area contributed by atoms with Crippen molar-refractivity contribution in [1.29, 1.82) is 0 Å². The van der Waals surface area contributed by atoms with Gasteiger partial charge in [-0.15, -0.1) is 0 Å². The van der Waals surface area contributed by atoms with Crippen LogP contribution in [0.2, 0.25) is 0 Å². The lowest BCUT2D eigenvalue weighted by Gasteiger charge is -2.11. The molecule has 0 bridgehead atoms. The number of H-pyrrole nitrogens is 1. The molecule has 0 saturated heterocycles. The number of benzene rings is 1. The summed E-state index contributed by atoms with van der Waals surface area (Å²) in [7, 11) is 0. The van der Waals surface area contributed by atoms with E-state index in [1.165, 1.54) is 18.3 Å². The molecule has 0 spiro atoms. The number of halogens is 3. The van der Waals surface area contributed by atoms with Crippen molar-refractivity contribution >= 4 is 0 Å². The van der Waals surface area contributed by atoms with E-state index in [4.69, 9.17) is 5.73 Å². The van der Waals surface area contributed by atoms with Crippen molar-refractivity contribution in [1.82, 2.24) is 9.97 Å². The number of nitrogens with zero attached hydrogens (tertiary/aromatic N) is 1. The number of aromatic amines is 1. The zero-order valence-corrected chi connectivity index (χ0v) is 11.7. The van der Waals surface area contributed by atoms with E-state index in [0.29, 0.717) is 11.5 Å². The van der Waals surface area contributed by atoms with Crippen LogP contribution >= 0.6 is 0 Å². The van der Waals surface area contributed by atoms with Crippen LogP contribution in [0.15, 0.2) is 30.5 Å². The molecule has 0 saturated carbocycles. The highest BCUT2D eigenvalue weighted by atomic mass is 19.4. The maximum Gasteiger partial charge on any atom is 0.417 e. The van der Waals surface area contributed by atoms with Crippen LogP contribution in [0.4, 0.5) is 13.2 Å². The molecular formula is C15H18F3N3. The minimum Gasteiger partial charge on any atom is -0.341 e. The SMILES string of the molecule is CCCCC(N)c1ncc(-c2ccccc2C(F)(F)F)[nH]1. The molecule has 2 aromatic rings. The molecule has 0 aliphatic heterocycles. The van der Waals surface area contributed by atoms with Crippen molar-refractivity contribution in [2.45, 2.75) is 38.4 Å². The molecule has 114 valence electrons. The summed E-state index contributed by atoms with van der Waals surface area (Å²) in [5.74, 6) is 0.524. The number of nitrogens with one attached hydrogen (secondary N) is 1. The normalized spacial score (nSPS) is 13.4.